The lowest BCUT2D eigenvalue weighted by Gasteiger charge is -2.33. The first-order valence-corrected chi connectivity index (χ1v) is 8.76. The number of halogens is 3. The Kier molecular flexibility index (Phi) is 5.21. The summed E-state index contributed by atoms with van der Waals surface area (Å²) < 4.78 is 47.5. The van der Waals surface area contributed by atoms with Crippen LogP contribution in [-0.4, -0.2) is 45.0 Å². The average Bonchev–Trinajstić information content (AvgIpc) is 3.18. The van der Waals surface area contributed by atoms with Crippen LogP contribution in [0.5, 0.6) is 0 Å². The van der Waals surface area contributed by atoms with Crippen molar-refractivity contribution in [2.45, 2.75) is 31.0 Å². The van der Waals surface area contributed by atoms with Gasteiger partial charge in [0.1, 0.15) is 6.54 Å². The number of fused-ring (bicyclic) bond motifs is 1. The molecule has 0 N–H and O–H groups in total. The molecule has 0 saturated carbocycles. The molecular formula is C18H17F3N4O4. The number of hydrogen-bond donors (Lipinski definition) is 0. The van der Waals surface area contributed by atoms with Gasteiger partial charge in [-0.25, -0.2) is 4.98 Å². The maximum Gasteiger partial charge on any atom is 0.436 e. The van der Waals surface area contributed by atoms with Crippen LogP contribution in [0.4, 0.5) is 13.2 Å². The number of imidazole rings is 1. The number of alkyl halides is 3. The number of aryl methyl sites for hydroxylation is 1. The summed E-state index contributed by atoms with van der Waals surface area (Å²) in [5.41, 5.74) is -3.32. The number of likely N-dealkylation sites (tertiary alicyclic amines) is 1. The van der Waals surface area contributed by atoms with Gasteiger partial charge in [-0.2, -0.15) is 18.4 Å². The number of amides is 2. The predicted molar refractivity (Wildman–Crippen MR) is 89.3 cm³/mol. The number of imide groups is 1. The Morgan fingerprint density at radius 1 is 1.28 bits per heavy atom. The zero-order valence-electron chi connectivity index (χ0n) is 15.3. The predicted octanol–water partition coefficient (Wildman–Crippen LogP) is 1.59. The largest absolute Gasteiger partial charge is 0.439 e. The summed E-state index contributed by atoms with van der Waals surface area (Å²) in [7, 11) is 1.26. The molecule has 154 valence electrons. The second-order valence-corrected chi connectivity index (χ2v) is 6.91. The normalized spacial score (nSPS) is 23.5. The zero-order chi connectivity index (χ0) is 21.4. The van der Waals surface area contributed by atoms with E-state index in [0.29, 0.717) is 17.7 Å². The molecule has 1 aliphatic heterocycles. The van der Waals surface area contributed by atoms with Crippen LogP contribution >= 0.6 is 0 Å². The molecule has 1 fully saturated rings. The molecule has 0 unspecified atom stereocenters. The minimum Gasteiger partial charge on any atom is -0.439 e. The first-order valence-electron chi connectivity index (χ1n) is 8.76. The highest BCUT2D eigenvalue weighted by Crippen LogP contribution is 2.44. The van der Waals surface area contributed by atoms with Gasteiger partial charge < -0.3 is 9.30 Å². The van der Waals surface area contributed by atoms with Gasteiger partial charge in [0.25, 0.3) is 5.60 Å². The van der Waals surface area contributed by atoms with Gasteiger partial charge in [-0.15, -0.1) is 0 Å². The number of aromatic nitrogens is 2. The van der Waals surface area contributed by atoms with Crippen LogP contribution in [-0.2, 0) is 31.8 Å². The lowest BCUT2D eigenvalue weighted by molar-refractivity contribution is -0.278. The van der Waals surface area contributed by atoms with Gasteiger partial charge in [0, 0.05) is 19.4 Å². The number of nitriles is 1. The van der Waals surface area contributed by atoms with E-state index in [1.165, 1.54) is 19.3 Å². The minimum absolute atomic E-state index is 0.328. The van der Waals surface area contributed by atoms with Crippen molar-refractivity contribution in [1.29, 1.82) is 5.26 Å². The number of ether oxygens (including phenoxy) is 1. The van der Waals surface area contributed by atoms with Crippen molar-refractivity contribution in [3.8, 4) is 6.07 Å². The van der Waals surface area contributed by atoms with Gasteiger partial charge in [0.2, 0.25) is 11.8 Å². The molecule has 29 heavy (non-hydrogen) atoms. The maximum absolute atomic E-state index is 13.9. The van der Waals surface area contributed by atoms with Crippen LogP contribution in [0, 0.1) is 23.2 Å². The molecule has 2 aliphatic rings. The van der Waals surface area contributed by atoms with Gasteiger partial charge in [0.05, 0.1) is 24.3 Å². The third-order valence-corrected chi connectivity index (χ3v) is 5.14. The Hall–Kier alpha value is -3.16. The number of esters is 1. The van der Waals surface area contributed by atoms with Gasteiger partial charge in [-0.3, -0.25) is 19.3 Å². The monoisotopic (exact) mass is 410 g/mol. The fraction of sp³-hybridized carbons (Fsp3) is 0.500. The Morgan fingerprint density at radius 2 is 1.86 bits per heavy atom. The molecular weight excluding hydrogens is 393 g/mol. The SMILES string of the molecule is Cn1ccnc1[C@](CC#N)(OC(=O)CN1C(=O)[C@H]2CC=CC[C@@H]2C1=O)C(F)(F)F. The number of carbonyl (C=O) groups excluding carboxylic acids is 3. The summed E-state index contributed by atoms with van der Waals surface area (Å²) in [5, 5.41) is 8.97. The molecule has 3 atom stereocenters. The van der Waals surface area contributed by atoms with E-state index in [-0.39, 0.29) is 0 Å². The van der Waals surface area contributed by atoms with E-state index in [4.69, 9.17) is 10.00 Å². The van der Waals surface area contributed by atoms with Crippen molar-refractivity contribution in [3.05, 3.63) is 30.4 Å². The molecule has 0 bridgehead atoms. The molecule has 0 aromatic carbocycles. The highest BCUT2D eigenvalue weighted by atomic mass is 19.4. The van der Waals surface area contributed by atoms with E-state index in [1.807, 2.05) is 0 Å². The van der Waals surface area contributed by atoms with Crippen LogP contribution in [0.2, 0.25) is 0 Å². The molecule has 1 aliphatic carbocycles. The Bertz CT molecular complexity index is 891. The number of carbonyl (C=O) groups is 3. The standard InChI is InChI=1S/C18H17F3N4O4/c1-24-9-8-23-16(24)17(6-7-22,18(19,20)21)29-13(26)10-25-14(27)11-4-2-3-5-12(11)15(25)28/h2-3,8-9,11-12H,4-6,10H2,1H3/t11-,12-,17-/m0/s1. The molecule has 2 heterocycles. The first kappa shape index (κ1) is 20.6. The number of allylic oxidation sites excluding steroid dienone is 2. The number of nitrogens with zero attached hydrogens (tertiary/aromatic N) is 4. The van der Waals surface area contributed by atoms with Gasteiger partial charge in [-0.05, 0) is 12.8 Å². The molecule has 0 radical (unpaired) electrons. The molecule has 1 saturated heterocycles. The Balaban J connectivity index is 1.86. The summed E-state index contributed by atoms with van der Waals surface area (Å²) in [5.74, 6) is -4.61. The molecule has 1 aromatic heterocycles. The van der Waals surface area contributed by atoms with E-state index in [2.05, 4.69) is 4.98 Å². The Labute approximate surface area is 163 Å². The third kappa shape index (κ3) is 3.39. The molecule has 3 rings (SSSR count). The van der Waals surface area contributed by atoms with Gasteiger partial charge in [0.15, 0.2) is 5.82 Å². The fourth-order valence-electron chi connectivity index (χ4n) is 3.69. The molecule has 1 aromatic rings. The second-order valence-electron chi connectivity index (χ2n) is 6.91. The topological polar surface area (TPSA) is 105 Å². The molecule has 0 spiro atoms. The number of rotatable bonds is 5. The fourth-order valence-corrected chi connectivity index (χ4v) is 3.69. The smallest absolute Gasteiger partial charge is 0.436 e. The second kappa shape index (κ2) is 7.35. The first-order chi connectivity index (χ1) is 13.6. The van der Waals surface area contributed by atoms with Crippen LogP contribution < -0.4 is 0 Å². The summed E-state index contributed by atoms with van der Waals surface area (Å²) in [6.07, 6.45) is 0.0503. The third-order valence-electron chi connectivity index (χ3n) is 5.14. The van der Waals surface area contributed by atoms with E-state index >= 15 is 0 Å². The van der Waals surface area contributed by atoms with Crippen molar-refractivity contribution in [1.82, 2.24) is 14.5 Å². The minimum atomic E-state index is -5.16. The van der Waals surface area contributed by atoms with Gasteiger partial charge in [-0.1, -0.05) is 12.2 Å². The van der Waals surface area contributed by atoms with E-state index < -0.39 is 60.2 Å². The summed E-state index contributed by atoms with van der Waals surface area (Å²) in [6.45, 7) is -0.960. The summed E-state index contributed by atoms with van der Waals surface area (Å²) in [4.78, 5) is 41.5. The van der Waals surface area contributed by atoms with E-state index in [9.17, 15) is 27.6 Å². The van der Waals surface area contributed by atoms with E-state index in [1.54, 1.807) is 12.2 Å². The van der Waals surface area contributed by atoms with Crippen molar-refractivity contribution in [3.63, 3.8) is 0 Å². The van der Waals surface area contributed by atoms with Crippen molar-refractivity contribution in [2.24, 2.45) is 18.9 Å². The molecule has 2 amide bonds. The van der Waals surface area contributed by atoms with Crippen molar-refractivity contribution in [2.75, 3.05) is 6.54 Å². The zero-order valence-corrected chi connectivity index (χ0v) is 15.3. The van der Waals surface area contributed by atoms with Crippen LogP contribution in [0.3, 0.4) is 0 Å². The lowest BCUT2D eigenvalue weighted by atomic mass is 9.85. The van der Waals surface area contributed by atoms with Crippen molar-refractivity contribution >= 4 is 17.8 Å². The van der Waals surface area contributed by atoms with Gasteiger partial charge >= 0.3 is 12.1 Å². The van der Waals surface area contributed by atoms with Crippen LogP contribution in [0.1, 0.15) is 25.1 Å². The van der Waals surface area contributed by atoms with Crippen LogP contribution in [0.15, 0.2) is 24.5 Å². The maximum atomic E-state index is 13.9. The lowest BCUT2D eigenvalue weighted by Crippen LogP contribution is -2.49. The van der Waals surface area contributed by atoms with Crippen molar-refractivity contribution < 1.29 is 32.3 Å². The van der Waals surface area contributed by atoms with E-state index in [0.717, 1.165) is 10.8 Å². The molecule has 11 heteroatoms. The average molecular weight is 410 g/mol. The molecule has 8 nitrogen and oxygen atoms in total. The highest BCUT2D eigenvalue weighted by molar-refractivity contribution is 6.07. The van der Waals surface area contributed by atoms with Crippen LogP contribution in [0.25, 0.3) is 0 Å². The highest BCUT2D eigenvalue weighted by Gasteiger charge is 2.62. The Morgan fingerprint density at radius 3 is 2.31 bits per heavy atom. The number of hydrogen-bond acceptors (Lipinski definition) is 6. The quantitative estimate of drug-likeness (QED) is 0.415. The summed E-state index contributed by atoms with van der Waals surface area (Å²) >= 11 is 0. The summed E-state index contributed by atoms with van der Waals surface area (Å²) in [6, 6.07) is 1.38.